The number of ether oxygens (including phenoxy) is 1. The Morgan fingerprint density at radius 3 is 2.57 bits per heavy atom. The summed E-state index contributed by atoms with van der Waals surface area (Å²) in [4.78, 5) is 17.0. The first-order chi connectivity index (χ1) is 13.5. The van der Waals surface area contributed by atoms with Gasteiger partial charge < -0.3 is 14.5 Å². The summed E-state index contributed by atoms with van der Waals surface area (Å²) < 4.78 is 10.9. The van der Waals surface area contributed by atoms with Crippen LogP contribution in [0, 0.1) is 6.92 Å². The van der Waals surface area contributed by atoms with Crippen LogP contribution in [-0.2, 0) is 0 Å². The van der Waals surface area contributed by atoms with Crippen LogP contribution >= 0.6 is 11.6 Å². The third kappa shape index (κ3) is 3.57. The second-order valence-corrected chi connectivity index (χ2v) is 6.76. The van der Waals surface area contributed by atoms with E-state index in [2.05, 4.69) is 10.3 Å². The van der Waals surface area contributed by atoms with Crippen molar-refractivity contribution in [2.24, 2.45) is 0 Å². The number of aryl methyl sites for hydroxylation is 1. The Hall–Kier alpha value is -3.31. The second-order valence-electron chi connectivity index (χ2n) is 6.35. The van der Waals surface area contributed by atoms with Crippen LogP contribution in [0.1, 0.15) is 15.9 Å². The molecule has 4 aromatic rings. The van der Waals surface area contributed by atoms with Gasteiger partial charge >= 0.3 is 0 Å². The van der Waals surface area contributed by atoms with Crippen LogP contribution in [0.15, 0.2) is 65.1 Å². The van der Waals surface area contributed by atoms with E-state index in [4.69, 9.17) is 20.8 Å². The first-order valence-corrected chi connectivity index (χ1v) is 9.04. The van der Waals surface area contributed by atoms with Crippen molar-refractivity contribution in [1.29, 1.82) is 0 Å². The van der Waals surface area contributed by atoms with Gasteiger partial charge in [-0.05, 0) is 67.1 Å². The van der Waals surface area contributed by atoms with E-state index in [-0.39, 0.29) is 5.91 Å². The van der Waals surface area contributed by atoms with Crippen LogP contribution in [0.5, 0.6) is 5.75 Å². The maximum Gasteiger partial charge on any atom is 0.255 e. The highest BCUT2D eigenvalue weighted by molar-refractivity contribution is 6.31. The number of amides is 1. The molecule has 0 atom stereocenters. The summed E-state index contributed by atoms with van der Waals surface area (Å²) in [6.07, 6.45) is 0. The van der Waals surface area contributed by atoms with E-state index in [1.54, 1.807) is 49.6 Å². The van der Waals surface area contributed by atoms with Crippen LogP contribution in [0.25, 0.3) is 22.6 Å². The fourth-order valence-corrected chi connectivity index (χ4v) is 2.98. The summed E-state index contributed by atoms with van der Waals surface area (Å²) in [6.45, 7) is 1.94. The maximum atomic E-state index is 12.4. The van der Waals surface area contributed by atoms with Gasteiger partial charge in [0.25, 0.3) is 5.91 Å². The lowest BCUT2D eigenvalue weighted by molar-refractivity contribution is 0.102. The molecule has 1 heterocycles. The number of carbonyl (C=O) groups is 1. The fourth-order valence-electron chi connectivity index (χ4n) is 2.80. The van der Waals surface area contributed by atoms with Crippen molar-refractivity contribution in [3.63, 3.8) is 0 Å². The Morgan fingerprint density at radius 1 is 1.07 bits per heavy atom. The van der Waals surface area contributed by atoms with Crippen molar-refractivity contribution in [1.82, 2.24) is 4.98 Å². The molecule has 4 rings (SSSR count). The van der Waals surface area contributed by atoms with Gasteiger partial charge in [0.05, 0.1) is 7.11 Å². The molecule has 28 heavy (non-hydrogen) atoms. The highest BCUT2D eigenvalue weighted by atomic mass is 35.5. The molecule has 0 radical (unpaired) electrons. The summed E-state index contributed by atoms with van der Waals surface area (Å²) in [5.41, 5.74) is 4.25. The molecule has 0 fully saturated rings. The first-order valence-electron chi connectivity index (χ1n) is 8.66. The Labute approximate surface area is 166 Å². The largest absolute Gasteiger partial charge is 0.497 e. The highest BCUT2D eigenvalue weighted by Gasteiger charge is 2.12. The van der Waals surface area contributed by atoms with Crippen molar-refractivity contribution in [3.8, 4) is 17.2 Å². The average Bonchev–Trinajstić information content (AvgIpc) is 3.13. The number of fused-ring (bicyclic) bond motifs is 1. The van der Waals surface area contributed by atoms with Crippen LogP contribution in [0.4, 0.5) is 5.69 Å². The molecule has 0 saturated carbocycles. The number of hydrogen-bond donors (Lipinski definition) is 1. The zero-order valence-electron chi connectivity index (χ0n) is 15.3. The molecule has 0 aliphatic heterocycles. The average molecular weight is 393 g/mol. The van der Waals surface area contributed by atoms with Gasteiger partial charge in [0.15, 0.2) is 5.58 Å². The molecule has 140 valence electrons. The number of aromatic nitrogens is 1. The third-order valence-corrected chi connectivity index (χ3v) is 4.82. The van der Waals surface area contributed by atoms with Crippen LogP contribution in [-0.4, -0.2) is 18.0 Å². The van der Waals surface area contributed by atoms with Gasteiger partial charge in [0.2, 0.25) is 5.89 Å². The van der Waals surface area contributed by atoms with E-state index in [1.165, 1.54) is 0 Å². The molecule has 3 aromatic carbocycles. The molecule has 1 amide bonds. The maximum absolute atomic E-state index is 12.4. The monoisotopic (exact) mass is 392 g/mol. The zero-order chi connectivity index (χ0) is 19.7. The standard InChI is InChI=1S/C22H17ClN2O3/c1-13-3-4-15(11-18(13)23)22-25-19-12-16(7-10-20(19)28-22)24-21(26)14-5-8-17(27-2)9-6-14/h3-12H,1-2H3,(H,24,26). The lowest BCUT2D eigenvalue weighted by atomic mass is 10.1. The molecule has 0 spiro atoms. The van der Waals surface area contributed by atoms with Crippen molar-refractivity contribution in [2.45, 2.75) is 6.92 Å². The third-order valence-electron chi connectivity index (χ3n) is 4.42. The number of rotatable bonds is 4. The Kier molecular flexibility index (Phi) is 4.75. The lowest BCUT2D eigenvalue weighted by Gasteiger charge is -2.06. The number of oxazole rings is 1. The predicted molar refractivity (Wildman–Crippen MR) is 110 cm³/mol. The Morgan fingerprint density at radius 2 is 1.86 bits per heavy atom. The molecule has 0 aliphatic rings. The summed E-state index contributed by atoms with van der Waals surface area (Å²) >= 11 is 6.20. The number of methoxy groups -OCH3 is 1. The number of hydrogen-bond acceptors (Lipinski definition) is 4. The molecular formula is C22H17ClN2O3. The molecule has 0 unspecified atom stereocenters. The van der Waals surface area contributed by atoms with Gasteiger partial charge in [-0.25, -0.2) is 4.98 Å². The number of nitrogens with one attached hydrogen (secondary N) is 1. The first kappa shape index (κ1) is 18.1. The number of halogens is 1. The molecule has 1 aromatic heterocycles. The lowest BCUT2D eigenvalue weighted by Crippen LogP contribution is -2.11. The van der Waals surface area contributed by atoms with E-state index >= 15 is 0 Å². The van der Waals surface area contributed by atoms with Gasteiger partial charge in [0.1, 0.15) is 11.3 Å². The predicted octanol–water partition coefficient (Wildman–Crippen LogP) is 5.72. The molecule has 5 nitrogen and oxygen atoms in total. The van der Waals surface area contributed by atoms with E-state index in [0.29, 0.717) is 39.0 Å². The summed E-state index contributed by atoms with van der Waals surface area (Å²) in [6, 6.07) is 17.9. The van der Waals surface area contributed by atoms with Gasteiger partial charge in [-0.2, -0.15) is 0 Å². The Bertz CT molecular complexity index is 1170. The second kappa shape index (κ2) is 7.37. The van der Waals surface area contributed by atoms with Crippen molar-refractivity contribution < 1.29 is 13.9 Å². The van der Waals surface area contributed by atoms with E-state index in [9.17, 15) is 4.79 Å². The summed E-state index contributed by atoms with van der Waals surface area (Å²) in [5, 5.41) is 3.53. The van der Waals surface area contributed by atoms with Gasteiger partial charge in [0, 0.05) is 21.8 Å². The SMILES string of the molecule is COc1ccc(C(=O)Nc2ccc3oc(-c4ccc(C)c(Cl)c4)nc3c2)cc1. The summed E-state index contributed by atoms with van der Waals surface area (Å²) in [5.74, 6) is 0.968. The number of anilines is 1. The quantitative estimate of drug-likeness (QED) is 0.482. The zero-order valence-corrected chi connectivity index (χ0v) is 16.1. The minimum absolute atomic E-state index is 0.212. The molecule has 1 N–H and O–H groups in total. The minimum atomic E-state index is -0.212. The normalized spacial score (nSPS) is 10.8. The molecule has 6 heteroatoms. The fraction of sp³-hybridized carbons (Fsp3) is 0.0909. The molecule has 0 saturated heterocycles. The summed E-state index contributed by atoms with van der Waals surface area (Å²) in [7, 11) is 1.58. The highest BCUT2D eigenvalue weighted by Crippen LogP contribution is 2.29. The van der Waals surface area contributed by atoms with E-state index in [1.807, 2.05) is 25.1 Å². The van der Waals surface area contributed by atoms with Crippen LogP contribution < -0.4 is 10.1 Å². The molecule has 0 aliphatic carbocycles. The minimum Gasteiger partial charge on any atom is -0.497 e. The Balaban J connectivity index is 1.58. The van der Waals surface area contributed by atoms with Gasteiger partial charge in [-0.1, -0.05) is 17.7 Å². The van der Waals surface area contributed by atoms with E-state index < -0.39 is 0 Å². The topological polar surface area (TPSA) is 64.4 Å². The number of benzene rings is 3. The number of carbonyl (C=O) groups excluding carboxylic acids is 1. The van der Waals surface area contributed by atoms with Gasteiger partial charge in [-0.15, -0.1) is 0 Å². The van der Waals surface area contributed by atoms with Gasteiger partial charge in [-0.3, -0.25) is 4.79 Å². The van der Waals surface area contributed by atoms with Crippen LogP contribution in [0.3, 0.4) is 0 Å². The molecule has 0 bridgehead atoms. The van der Waals surface area contributed by atoms with Crippen molar-refractivity contribution in [3.05, 3.63) is 76.8 Å². The van der Waals surface area contributed by atoms with Crippen LogP contribution in [0.2, 0.25) is 5.02 Å². The number of nitrogens with zero attached hydrogens (tertiary/aromatic N) is 1. The smallest absolute Gasteiger partial charge is 0.255 e. The van der Waals surface area contributed by atoms with E-state index in [0.717, 1.165) is 11.1 Å². The van der Waals surface area contributed by atoms with Crippen molar-refractivity contribution >= 4 is 34.3 Å². The molecular weight excluding hydrogens is 376 g/mol. The van der Waals surface area contributed by atoms with Crippen molar-refractivity contribution in [2.75, 3.05) is 12.4 Å².